The van der Waals surface area contributed by atoms with E-state index in [1.54, 1.807) is 4.72 Å². The standard InChI is InChI=1S/C17H17N7O9S/c18-14-11-15(20-6-19-14)23(7-21-11)17(13(27)12(26)10(5-25)33-17)34(31,32)22-16(28)8-3-1-2-4-9(8)24(29)30/h1-4,6-7,10,12-13,25-27H,5H2,(H,22,28)(H2,18,19,20)/t10-,12-,13-,17+/m1/s1. The number of nitrogen functional groups attached to an aromatic ring is 1. The molecule has 3 heterocycles. The number of amides is 1. The summed E-state index contributed by atoms with van der Waals surface area (Å²) in [7, 11) is -5.21. The number of hydrogen-bond acceptors (Lipinski definition) is 13. The van der Waals surface area contributed by atoms with Crippen LogP contribution >= 0.6 is 0 Å². The van der Waals surface area contributed by atoms with Gasteiger partial charge in [-0.15, -0.1) is 0 Å². The van der Waals surface area contributed by atoms with Crippen LogP contribution in [-0.4, -0.2) is 79.0 Å². The van der Waals surface area contributed by atoms with Gasteiger partial charge in [0, 0.05) is 6.07 Å². The lowest BCUT2D eigenvalue weighted by molar-refractivity contribution is -0.385. The Morgan fingerprint density at radius 3 is 2.65 bits per heavy atom. The van der Waals surface area contributed by atoms with E-state index in [1.165, 1.54) is 12.1 Å². The van der Waals surface area contributed by atoms with Gasteiger partial charge in [0.2, 0.25) is 0 Å². The van der Waals surface area contributed by atoms with Crippen LogP contribution in [0.5, 0.6) is 0 Å². The Kier molecular flexibility index (Phi) is 5.66. The maximum atomic E-state index is 13.6. The molecule has 4 rings (SSSR count). The van der Waals surface area contributed by atoms with Crippen molar-refractivity contribution in [2.24, 2.45) is 0 Å². The molecular formula is C17H17N7O9S. The molecule has 1 aliphatic heterocycles. The number of anilines is 1. The van der Waals surface area contributed by atoms with Crippen LogP contribution in [0.1, 0.15) is 10.4 Å². The number of nitro groups is 1. The maximum absolute atomic E-state index is 13.6. The number of hydrogen-bond donors (Lipinski definition) is 5. The number of imidazole rings is 1. The number of aromatic nitrogens is 4. The lowest BCUT2D eigenvalue weighted by Gasteiger charge is -2.32. The third-order valence-electron chi connectivity index (χ3n) is 5.23. The summed E-state index contributed by atoms with van der Waals surface area (Å²) in [6.45, 7) is -0.905. The molecule has 17 heteroatoms. The van der Waals surface area contributed by atoms with Gasteiger partial charge in [-0.25, -0.2) is 28.1 Å². The van der Waals surface area contributed by atoms with Gasteiger partial charge < -0.3 is 25.8 Å². The summed E-state index contributed by atoms with van der Waals surface area (Å²) in [5.74, 6) is -1.56. The molecule has 1 fully saturated rings. The van der Waals surface area contributed by atoms with Crippen molar-refractivity contribution in [2.75, 3.05) is 12.3 Å². The molecule has 0 saturated carbocycles. The minimum Gasteiger partial charge on any atom is -0.394 e. The highest BCUT2D eigenvalue weighted by atomic mass is 32.2. The number of para-hydroxylation sites is 1. The molecular weight excluding hydrogens is 478 g/mol. The van der Waals surface area contributed by atoms with E-state index in [-0.39, 0.29) is 17.0 Å². The summed E-state index contributed by atoms with van der Waals surface area (Å²) in [4.78, 5) is 34.7. The minimum absolute atomic E-state index is 0.0835. The monoisotopic (exact) mass is 495 g/mol. The number of benzene rings is 1. The highest BCUT2D eigenvalue weighted by molar-refractivity contribution is 7.90. The number of ether oxygens (including phenoxy) is 1. The van der Waals surface area contributed by atoms with Gasteiger partial charge in [0.15, 0.2) is 11.5 Å². The molecule has 180 valence electrons. The van der Waals surface area contributed by atoms with E-state index >= 15 is 0 Å². The molecule has 1 saturated heterocycles. The minimum atomic E-state index is -5.21. The van der Waals surface area contributed by atoms with E-state index in [9.17, 15) is 38.6 Å². The normalized spacial score (nSPS) is 24.9. The van der Waals surface area contributed by atoms with Gasteiger partial charge in [-0.2, -0.15) is 0 Å². The van der Waals surface area contributed by atoms with Crippen LogP contribution in [-0.2, 0) is 19.8 Å². The number of nitro benzene ring substituents is 1. The first-order valence-electron chi connectivity index (χ1n) is 9.44. The van der Waals surface area contributed by atoms with E-state index in [0.29, 0.717) is 4.57 Å². The van der Waals surface area contributed by atoms with Crippen molar-refractivity contribution in [3.05, 3.63) is 52.6 Å². The molecule has 4 atom stereocenters. The first-order chi connectivity index (χ1) is 16.0. The first kappa shape index (κ1) is 23.4. The fourth-order valence-corrected chi connectivity index (χ4v) is 5.23. The molecule has 34 heavy (non-hydrogen) atoms. The zero-order chi connectivity index (χ0) is 24.8. The number of aliphatic hydroxyl groups excluding tert-OH is 3. The molecule has 16 nitrogen and oxygen atoms in total. The third kappa shape index (κ3) is 3.33. The highest BCUT2D eigenvalue weighted by Crippen LogP contribution is 2.41. The molecule has 0 unspecified atom stereocenters. The van der Waals surface area contributed by atoms with Crippen molar-refractivity contribution >= 4 is 38.6 Å². The Bertz CT molecular complexity index is 1390. The summed E-state index contributed by atoms with van der Waals surface area (Å²) in [5.41, 5.74) is 4.12. The Hall–Kier alpha value is -3.77. The molecule has 1 aliphatic rings. The Balaban J connectivity index is 1.89. The predicted octanol–water partition coefficient (Wildman–Crippen LogP) is -2.20. The van der Waals surface area contributed by atoms with Crippen LogP contribution in [0.3, 0.4) is 0 Å². The molecule has 0 radical (unpaired) electrons. The molecule has 0 bridgehead atoms. The number of rotatable bonds is 6. The topological polar surface area (TPSA) is 246 Å². The van der Waals surface area contributed by atoms with E-state index in [0.717, 1.165) is 24.8 Å². The maximum Gasteiger partial charge on any atom is 0.300 e. The van der Waals surface area contributed by atoms with Crippen molar-refractivity contribution in [1.82, 2.24) is 24.2 Å². The second-order valence-electron chi connectivity index (χ2n) is 7.16. The highest BCUT2D eigenvalue weighted by Gasteiger charge is 2.65. The molecule has 1 amide bonds. The van der Waals surface area contributed by atoms with Crippen LogP contribution in [0, 0.1) is 10.1 Å². The zero-order valence-corrected chi connectivity index (χ0v) is 17.7. The second kappa shape index (κ2) is 8.22. The van der Waals surface area contributed by atoms with Gasteiger partial charge in [-0.1, -0.05) is 12.1 Å². The summed E-state index contributed by atoms with van der Waals surface area (Å²) in [5, 5.41) is 39.0. The predicted molar refractivity (Wildman–Crippen MR) is 111 cm³/mol. The lowest BCUT2D eigenvalue weighted by Crippen LogP contribution is -2.56. The largest absolute Gasteiger partial charge is 0.394 e. The average Bonchev–Trinajstić information content (AvgIpc) is 3.34. The molecule has 0 aliphatic carbocycles. The van der Waals surface area contributed by atoms with E-state index in [4.69, 9.17) is 10.5 Å². The van der Waals surface area contributed by atoms with Crippen molar-refractivity contribution in [3.63, 3.8) is 0 Å². The number of carbonyl (C=O) groups is 1. The van der Waals surface area contributed by atoms with Crippen molar-refractivity contribution in [1.29, 1.82) is 0 Å². The Morgan fingerprint density at radius 2 is 2.00 bits per heavy atom. The number of nitrogens with zero attached hydrogens (tertiary/aromatic N) is 5. The van der Waals surface area contributed by atoms with Crippen LogP contribution in [0.15, 0.2) is 36.9 Å². The number of fused-ring (bicyclic) bond motifs is 1. The number of aliphatic hydroxyl groups is 3. The summed E-state index contributed by atoms with van der Waals surface area (Å²) >= 11 is 0. The van der Waals surface area contributed by atoms with Gasteiger partial charge in [-0.3, -0.25) is 19.5 Å². The Morgan fingerprint density at radius 1 is 1.29 bits per heavy atom. The van der Waals surface area contributed by atoms with E-state index in [1.807, 2.05) is 0 Å². The fraction of sp³-hybridized carbons (Fsp3) is 0.294. The molecule has 1 aromatic carbocycles. The SMILES string of the molecule is Nc1ncnc2c1ncn2[C@]1(S(=O)(=O)NC(=O)c2ccccc2[N+](=O)[O-])O[C@H](CO)[C@@H](O)[C@H]1O. The molecule has 2 aromatic heterocycles. The van der Waals surface area contributed by atoms with Gasteiger partial charge in [0.25, 0.3) is 21.6 Å². The van der Waals surface area contributed by atoms with Crippen LogP contribution < -0.4 is 10.5 Å². The third-order valence-corrected chi connectivity index (χ3v) is 6.99. The van der Waals surface area contributed by atoms with Crippen LogP contribution in [0.25, 0.3) is 11.2 Å². The van der Waals surface area contributed by atoms with Crippen LogP contribution in [0.4, 0.5) is 11.5 Å². The Labute approximate surface area is 189 Å². The first-order valence-corrected chi connectivity index (χ1v) is 10.9. The van der Waals surface area contributed by atoms with E-state index in [2.05, 4.69) is 15.0 Å². The van der Waals surface area contributed by atoms with Crippen molar-refractivity contribution in [2.45, 2.75) is 23.4 Å². The number of nitrogens with two attached hydrogens (primary N) is 1. The van der Waals surface area contributed by atoms with Gasteiger partial charge >= 0.3 is 5.06 Å². The lowest BCUT2D eigenvalue weighted by atomic mass is 10.1. The summed E-state index contributed by atoms with van der Waals surface area (Å²) in [6, 6.07) is 4.57. The van der Waals surface area contributed by atoms with Crippen molar-refractivity contribution in [3.8, 4) is 0 Å². The fourth-order valence-electron chi connectivity index (χ4n) is 3.63. The molecule has 0 spiro atoms. The van der Waals surface area contributed by atoms with Gasteiger partial charge in [0.1, 0.15) is 42.0 Å². The summed E-state index contributed by atoms with van der Waals surface area (Å²) in [6.07, 6.45) is -3.97. The quantitative estimate of drug-likeness (QED) is 0.180. The second-order valence-corrected chi connectivity index (χ2v) is 8.96. The molecule has 3 aromatic rings. The smallest absolute Gasteiger partial charge is 0.300 e. The number of sulfonamides is 1. The average molecular weight is 495 g/mol. The summed E-state index contributed by atoms with van der Waals surface area (Å²) < 4.78 is 34.9. The zero-order valence-electron chi connectivity index (χ0n) is 16.9. The van der Waals surface area contributed by atoms with Gasteiger partial charge in [0.05, 0.1) is 11.5 Å². The van der Waals surface area contributed by atoms with Crippen LogP contribution in [0.2, 0.25) is 0 Å². The number of carbonyl (C=O) groups excluding carboxylic acids is 1. The van der Waals surface area contributed by atoms with Gasteiger partial charge in [-0.05, 0) is 6.07 Å². The van der Waals surface area contributed by atoms with E-state index < -0.39 is 62.1 Å². The van der Waals surface area contributed by atoms with Crippen molar-refractivity contribution < 1.29 is 38.2 Å². The number of nitrogens with one attached hydrogen (secondary N) is 1. The molecule has 6 N–H and O–H groups in total.